The van der Waals surface area contributed by atoms with Crippen LogP contribution in [0, 0.1) is 5.92 Å². The molecule has 4 nitrogen and oxygen atoms in total. The van der Waals surface area contributed by atoms with Crippen molar-refractivity contribution in [3.8, 4) is 0 Å². The molecule has 2 atom stereocenters. The summed E-state index contributed by atoms with van der Waals surface area (Å²) in [4.78, 5) is 11.3. The first-order valence-electron chi connectivity index (χ1n) is 6.81. The smallest absolute Gasteiger partial charge is 0.251 e. The first-order chi connectivity index (χ1) is 8.31. The van der Waals surface area contributed by atoms with Crippen molar-refractivity contribution < 1.29 is 14.3 Å². The minimum absolute atomic E-state index is 0.0173. The highest BCUT2D eigenvalue weighted by atomic mass is 16.7. The second-order valence-electron chi connectivity index (χ2n) is 5.10. The minimum Gasteiger partial charge on any atom is -0.355 e. The average molecular weight is 241 g/mol. The molecule has 0 aromatic carbocycles. The van der Waals surface area contributed by atoms with Crippen LogP contribution >= 0.6 is 0 Å². The lowest BCUT2D eigenvalue weighted by Gasteiger charge is -2.37. The quantitative estimate of drug-likeness (QED) is 0.401. The van der Waals surface area contributed by atoms with Crippen LogP contribution in [0.4, 0.5) is 0 Å². The van der Waals surface area contributed by atoms with Gasteiger partial charge < -0.3 is 14.8 Å². The van der Waals surface area contributed by atoms with Gasteiger partial charge in [-0.25, -0.2) is 0 Å². The first-order valence-corrected chi connectivity index (χ1v) is 6.81. The van der Waals surface area contributed by atoms with Gasteiger partial charge in [0.25, 0.3) is 5.91 Å². The topological polar surface area (TPSA) is 47.6 Å². The van der Waals surface area contributed by atoms with Crippen LogP contribution in [0.25, 0.3) is 0 Å². The van der Waals surface area contributed by atoms with Crippen molar-refractivity contribution in [3.05, 3.63) is 0 Å². The van der Waals surface area contributed by atoms with Gasteiger partial charge in [0.15, 0.2) is 6.10 Å². The molecular formula is C13H23NO3. The van der Waals surface area contributed by atoms with E-state index in [2.05, 4.69) is 12.2 Å². The fraction of sp³-hybridized carbons (Fsp3) is 0.923. The fourth-order valence-corrected chi connectivity index (χ4v) is 2.36. The summed E-state index contributed by atoms with van der Waals surface area (Å²) in [6.07, 6.45) is 7.09. The van der Waals surface area contributed by atoms with Crippen LogP contribution < -0.4 is 5.32 Å². The Morgan fingerprint density at radius 1 is 1.35 bits per heavy atom. The summed E-state index contributed by atoms with van der Waals surface area (Å²) in [6, 6.07) is 0.216. The molecule has 0 aromatic heterocycles. The van der Waals surface area contributed by atoms with Gasteiger partial charge in [-0.3, -0.25) is 4.79 Å². The van der Waals surface area contributed by atoms with Gasteiger partial charge >= 0.3 is 0 Å². The third-order valence-electron chi connectivity index (χ3n) is 3.74. The Labute approximate surface area is 103 Å². The summed E-state index contributed by atoms with van der Waals surface area (Å²) in [6.45, 7) is 2.99. The Kier molecular flexibility index (Phi) is 4.80. The molecule has 98 valence electrons. The van der Waals surface area contributed by atoms with Gasteiger partial charge in [0.1, 0.15) is 6.79 Å². The SMILES string of the molecule is CCCOCOC1C(=O)NC1CCC1CCC1. The lowest BCUT2D eigenvalue weighted by Crippen LogP contribution is -2.63. The second kappa shape index (κ2) is 6.36. The third-order valence-corrected chi connectivity index (χ3v) is 3.74. The predicted molar refractivity (Wildman–Crippen MR) is 64.5 cm³/mol. The number of hydrogen-bond donors (Lipinski definition) is 1. The number of nitrogens with one attached hydrogen (secondary N) is 1. The molecule has 1 saturated heterocycles. The number of rotatable bonds is 8. The Bertz CT molecular complexity index is 253. The van der Waals surface area contributed by atoms with E-state index in [1.165, 1.54) is 25.7 Å². The molecule has 1 heterocycles. The molecule has 0 spiro atoms. The monoisotopic (exact) mass is 241 g/mol. The van der Waals surface area contributed by atoms with Crippen molar-refractivity contribution in [2.45, 2.75) is 57.6 Å². The molecule has 17 heavy (non-hydrogen) atoms. The van der Waals surface area contributed by atoms with Crippen LogP contribution in [0.2, 0.25) is 0 Å². The molecule has 4 heteroatoms. The Balaban J connectivity index is 1.59. The fourth-order valence-electron chi connectivity index (χ4n) is 2.36. The van der Waals surface area contributed by atoms with Crippen LogP contribution in [0.5, 0.6) is 0 Å². The standard InChI is InChI=1S/C13H23NO3/c1-2-8-16-9-17-12-11(14-13(12)15)7-6-10-4-3-5-10/h10-12H,2-9H2,1H3,(H,14,15). The van der Waals surface area contributed by atoms with Crippen LogP contribution in [-0.4, -0.2) is 31.5 Å². The van der Waals surface area contributed by atoms with E-state index in [0.29, 0.717) is 6.61 Å². The molecular weight excluding hydrogens is 218 g/mol. The highest BCUT2D eigenvalue weighted by molar-refractivity contribution is 5.88. The number of carbonyl (C=O) groups excluding carboxylic acids is 1. The molecule has 0 bridgehead atoms. The van der Waals surface area contributed by atoms with Gasteiger partial charge in [-0.05, 0) is 25.2 Å². The maximum absolute atomic E-state index is 11.3. The zero-order chi connectivity index (χ0) is 12.1. The summed E-state index contributed by atoms with van der Waals surface area (Å²) < 4.78 is 10.7. The van der Waals surface area contributed by atoms with Crippen molar-refractivity contribution in [1.29, 1.82) is 0 Å². The Morgan fingerprint density at radius 2 is 2.18 bits per heavy atom. The van der Waals surface area contributed by atoms with E-state index < -0.39 is 0 Å². The molecule has 2 rings (SSSR count). The highest BCUT2D eigenvalue weighted by Gasteiger charge is 2.40. The molecule has 0 aromatic rings. The van der Waals surface area contributed by atoms with Crippen LogP contribution in [0.1, 0.15) is 45.4 Å². The summed E-state index contributed by atoms with van der Waals surface area (Å²) in [5, 5.41) is 2.92. The molecule has 2 fully saturated rings. The number of hydrogen-bond acceptors (Lipinski definition) is 3. The molecule has 0 radical (unpaired) electrons. The summed E-state index contributed by atoms with van der Waals surface area (Å²) in [7, 11) is 0. The second-order valence-corrected chi connectivity index (χ2v) is 5.10. The zero-order valence-corrected chi connectivity index (χ0v) is 10.6. The molecule has 2 aliphatic rings. The summed E-state index contributed by atoms with van der Waals surface area (Å²) in [5.41, 5.74) is 0. The first kappa shape index (κ1) is 12.8. The third kappa shape index (κ3) is 3.42. The summed E-state index contributed by atoms with van der Waals surface area (Å²) >= 11 is 0. The number of carbonyl (C=O) groups is 1. The molecule has 1 N–H and O–H groups in total. The van der Waals surface area contributed by atoms with Gasteiger partial charge in [-0.1, -0.05) is 26.2 Å². The molecule has 2 unspecified atom stereocenters. The molecule has 1 saturated carbocycles. The highest BCUT2D eigenvalue weighted by Crippen LogP contribution is 2.32. The zero-order valence-electron chi connectivity index (χ0n) is 10.6. The van der Waals surface area contributed by atoms with E-state index >= 15 is 0 Å². The Morgan fingerprint density at radius 3 is 2.76 bits per heavy atom. The van der Waals surface area contributed by atoms with Crippen molar-refractivity contribution in [2.75, 3.05) is 13.4 Å². The van der Waals surface area contributed by atoms with Crippen LogP contribution in [0.15, 0.2) is 0 Å². The van der Waals surface area contributed by atoms with E-state index in [4.69, 9.17) is 9.47 Å². The average Bonchev–Trinajstić information content (AvgIpc) is 2.25. The largest absolute Gasteiger partial charge is 0.355 e. The Hall–Kier alpha value is -0.610. The van der Waals surface area contributed by atoms with Crippen molar-refractivity contribution in [1.82, 2.24) is 5.32 Å². The van der Waals surface area contributed by atoms with Crippen LogP contribution in [0.3, 0.4) is 0 Å². The van der Waals surface area contributed by atoms with E-state index in [-0.39, 0.29) is 24.8 Å². The van der Waals surface area contributed by atoms with Crippen molar-refractivity contribution in [3.63, 3.8) is 0 Å². The van der Waals surface area contributed by atoms with Crippen molar-refractivity contribution >= 4 is 5.91 Å². The molecule has 1 aliphatic heterocycles. The van der Waals surface area contributed by atoms with E-state index in [1.807, 2.05) is 0 Å². The minimum atomic E-state index is -0.271. The van der Waals surface area contributed by atoms with E-state index in [0.717, 1.165) is 18.8 Å². The normalized spacial score (nSPS) is 28.4. The maximum Gasteiger partial charge on any atom is 0.251 e. The molecule has 1 aliphatic carbocycles. The van der Waals surface area contributed by atoms with E-state index in [9.17, 15) is 4.79 Å². The lowest BCUT2D eigenvalue weighted by atomic mass is 9.80. The lowest BCUT2D eigenvalue weighted by molar-refractivity contribution is -0.164. The number of ether oxygens (including phenoxy) is 2. The summed E-state index contributed by atoms with van der Waals surface area (Å²) in [5.74, 6) is 0.910. The van der Waals surface area contributed by atoms with Crippen LogP contribution in [-0.2, 0) is 14.3 Å². The molecule has 1 amide bonds. The maximum atomic E-state index is 11.3. The van der Waals surface area contributed by atoms with Gasteiger partial charge in [-0.2, -0.15) is 0 Å². The number of β-lactam (4-membered cyclic amide) rings is 1. The predicted octanol–water partition coefficient (Wildman–Crippen LogP) is 1.83. The van der Waals surface area contributed by atoms with E-state index in [1.54, 1.807) is 0 Å². The van der Waals surface area contributed by atoms with Gasteiger partial charge in [0.2, 0.25) is 0 Å². The number of amides is 1. The van der Waals surface area contributed by atoms with Gasteiger partial charge in [0.05, 0.1) is 6.04 Å². The van der Waals surface area contributed by atoms with Crippen molar-refractivity contribution in [2.24, 2.45) is 5.92 Å². The van der Waals surface area contributed by atoms with Gasteiger partial charge in [0, 0.05) is 6.61 Å². The van der Waals surface area contributed by atoms with Gasteiger partial charge in [-0.15, -0.1) is 0 Å².